The monoisotopic (exact) mass is 240 g/mol. The molecule has 0 fully saturated rings. The summed E-state index contributed by atoms with van der Waals surface area (Å²) in [7, 11) is 0. The Hall–Kier alpha value is -1.78. The number of nitrogens with zero attached hydrogens (tertiary/aromatic N) is 1. The van der Waals surface area contributed by atoms with Crippen molar-refractivity contribution in [3.8, 4) is 0 Å². The van der Waals surface area contributed by atoms with Gasteiger partial charge in [0.1, 0.15) is 5.82 Å². The smallest absolute Gasteiger partial charge is 0.383 e. The van der Waals surface area contributed by atoms with E-state index in [1.54, 1.807) is 6.20 Å². The molecule has 0 atom stereocenters. The number of pyridine rings is 1. The molecule has 0 amide bonds. The molecule has 2 N–H and O–H groups in total. The van der Waals surface area contributed by atoms with Gasteiger partial charge in [-0.15, -0.1) is 0 Å². The van der Waals surface area contributed by atoms with Gasteiger partial charge < -0.3 is 5.73 Å². The Morgan fingerprint density at radius 2 is 1.94 bits per heavy atom. The van der Waals surface area contributed by atoms with Crippen molar-refractivity contribution in [3.63, 3.8) is 0 Å². The molecular formula is C12H11F3N2. The largest absolute Gasteiger partial charge is 0.416 e. The molecule has 0 bridgehead atoms. The molecule has 0 aliphatic carbocycles. The van der Waals surface area contributed by atoms with Crippen LogP contribution in [-0.4, -0.2) is 4.98 Å². The van der Waals surface area contributed by atoms with Gasteiger partial charge in [0.25, 0.3) is 0 Å². The van der Waals surface area contributed by atoms with Crippen molar-refractivity contribution in [1.29, 1.82) is 0 Å². The number of aromatic nitrogens is 1. The number of fused-ring (bicyclic) bond motifs is 1. The summed E-state index contributed by atoms with van der Waals surface area (Å²) in [5.41, 5.74) is 5.80. The molecule has 2 rings (SSSR count). The average molecular weight is 240 g/mol. The first kappa shape index (κ1) is 11.7. The molecular weight excluding hydrogens is 229 g/mol. The van der Waals surface area contributed by atoms with Crippen LogP contribution in [0.25, 0.3) is 10.8 Å². The number of hydrogen-bond acceptors (Lipinski definition) is 2. The van der Waals surface area contributed by atoms with Crippen LogP contribution < -0.4 is 5.73 Å². The highest BCUT2D eigenvalue weighted by atomic mass is 19.4. The molecule has 1 aromatic heterocycles. The van der Waals surface area contributed by atoms with Crippen molar-refractivity contribution in [2.75, 3.05) is 5.73 Å². The lowest BCUT2D eigenvalue weighted by molar-refractivity contribution is -0.137. The van der Waals surface area contributed by atoms with E-state index in [1.807, 2.05) is 6.92 Å². The van der Waals surface area contributed by atoms with Gasteiger partial charge in [-0.1, -0.05) is 13.0 Å². The summed E-state index contributed by atoms with van der Waals surface area (Å²) in [5, 5.41) is 1.09. The number of halogens is 3. The van der Waals surface area contributed by atoms with E-state index in [-0.39, 0.29) is 5.82 Å². The van der Waals surface area contributed by atoms with Gasteiger partial charge in [-0.05, 0) is 29.5 Å². The molecule has 0 saturated heterocycles. The van der Waals surface area contributed by atoms with Crippen LogP contribution >= 0.6 is 0 Å². The number of anilines is 1. The van der Waals surface area contributed by atoms with Crippen LogP contribution in [0.3, 0.4) is 0 Å². The first-order chi connectivity index (χ1) is 7.93. The number of nitrogens with two attached hydrogens (primary N) is 1. The molecule has 0 radical (unpaired) electrons. The lowest BCUT2D eigenvalue weighted by Gasteiger charge is -2.10. The van der Waals surface area contributed by atoms with Crippen LogP contribution in [0.2, 0.25) is 0 Å². The number of alkyl halides is 3. The minimum absolute atomic E-state index is 0.128. The summed E-state index contributed by atoms with van der Waals surface area (Å²) in [6.07, 6.45) is -2.05. The summed E-state index contributed by atoms with van der Waals surface area (Å²) in [6.45, 7) is 1.92. The van der Waals surface area contributed by atoms with Gasteiger partial charge in [-0.25, -0.2) is 4.98 Å². The summed E-state index contributed by atoms with van der Waals surface area (Å²) in [4.78, 5) is 3.91. The highest BCUT2D eigenvalue weighted by Gasteiger charge is 2.30. The van der Waals surface area contributed by atoms with E-state index >= 15 is 0 Å². The molecule has 90 valence electrons. The predicted octanol–water partition coefficient (Wildman–Crippen LogP) is 3.40. The van der Waals surface area contributed by atoms with E-state index in [9.17, 15) is 13.2 Å². The SMILES string of the molecule is CCc1cnc(N)c2cc(C(F)(F)F)ccc12. The van der Waals surface area contributed by atoms with Crippen LogP contribution in [0.15, 0.2) is 24.4 Å². The number of rotatable bonds is 1. The van der Waals surface area contributed by atoms with Crippen LogP contribution in [-0.2, 0) is 12.6 Å². The number of hydrogen-bond donors (Lipinski definition) is 1. The fourth-order valence-corrected chi connectivity index (χ4v) is 1.78. The third-order valence-corrected chi connectivity index (χ3v) is 2.71. The normalized spacial score (nSPS) is 12.0. The van der Waals surface area contributed by atoms with Gasteiger partial charge in [0.15, 0.2) is 0 Å². The highest BCUT2D eigenvalue weighted by molar-refractivity contribution is 5.93. The van der Waals surface area contributed by atoms with Crippen molar-refractivity contribution in [2.24, 2.45) is 0 Å². The lowest BCUT2D eigenvalue weighted by Crippen LogP contribution is -2.05. The van der Waals surface area contributed by atoms with Gasteiger partial charge >= 0.3 is 6.18 Å². The van der Waals surface area contributed by atoms with E-state index in [1.165, 1.54) is 6.07 Å². The molecule has 2 nitrogen and oxygen atoms in total. The number of benzene rings is 1. The second kappa shape index (κ2) is 3.91. The molecule has 0 aliphatic heterocycles. The Morgan fingerprint density at radius 1 is 1.24 bits per heavy atom. The highest BCUT2D eigenvalue weighted by Crippen LogP contribution is 2.33. The summed E-state index contributed by atoms with van der Waals surface area (Å²) < 4.78 is 37.7. The second-order valence-corrected chi connectivity index (χ2v) is 3.78. The zero-order chi connectivity index (χ0) is 12.6. The van der Waals surface area contributed by atoms with E-state index in [4.69, 9.17) is 5.73 Å². The quantitative estimate of drug-likeness (QED) is 0.829. The lowest BCUT2D eigenvalue weighted by atomic mass is 10.0. The fraction of sp³-hybridized carbons (Fsp3) is 0.250. The van der Waals surface area contributed by atoms with Crippen LogP contribution in [0.1, 0.15) is 18.1 Å². The summed E-state index contributed by atoms with van der Waals surface area (Å²) >= 11 is 0. The van der Waals surface area contributed by atoms with Crippen molar-refractivity contribution >= 4 is 16.6 Å². The summed E-state index contributed by atoms with van der Waals surface area (Å²) in [5.74, 6) is 0.128. The standard InChI is InChI=1S/C12H11F3N2/c1-2-7-6-17-11(16)10-5-8(12(13,14)15)3-4-9(7)10/h3-6H,2H2,1H3,(H2,16,17). The average Bonchev–Trinajstić information content (AvgIpc) is 2.28. The van der Waals surface area contributed by atoms with Crippen molar-refractivity contribution in [3.05, 3.63) is 35.5 Å². The third kappa shape index (κ3) is 2.05. The van der Waals surface area contributed by atoms with E-state index in [0.717, 1.165) is 23.1 Å². The Morgan fingerprint density at radius 3 is 2.53 bits per heavy atom. The molecule has 0 unspecified atom stereocenters. The second-order valence-electron chi connectivity index (χ2n) is 3.78. The van der Waals surface area contributed by atoms with Gasteiger partial charge in [-0.2, -0.15) is 13.2 Å². The molecule has 2 aromatic rings. The molecule has 17 heavy (non-hydrogen) atoms. The molecule has 1 heterocycles. The molecule has 0 spiro atoms. The van der Waals surface area contributed by atoms with Gasteiger partial charge in [0.2, 0.25) is 0 Å². The zero-order valence-electron chi connectivity index (χ0n) is 9.17. The van der Waals surface area contributed by atoms with Crippen molar-refractivity contribution in [1.82, 2.24) is 4.98 Å². The Balaban J connectivity index is 2.73. The minimum atomic E-state index is -4.36. The molecule has 0 aliphatic rings. The van der Waals surface area contributed by atoms with Gasteiger partial charge in [0, 0.05) is 11.6 Å². The maximum absolute atomic E-state index is 12.6. The zero-order valence-corrected chi connectivity index (χ0v) is 9.17. The maximum atomic E-state index is 12.6. The number of nitrogen functional groups attached to an aromatic ring is 1. The topological polar surface area (TPSA) is 38.9 Å². The van der Waals surface area contributed by atoms with E-state index in [0.29, 0.717) is 11.8 Å². The maximum Gasteiger partial charge on any atom is 0.416 e. The molecule has 1 aromatic carbocycles. The van der Waals surface area contributed by atoms with Crippen LogP contribution in [0, 0.1) is 0 Å². The molecule has 5 heteroatoms. The molecule has 0 saturated carbocycles. The first-order valence-electron chi connectivity index (χ1n) is 5.17. The Labute approximate surface area is 96.3 Å². The van der Waals surface area contributed by atoms with E-state index in [2.05, 4.69) is 4.98 Å². The minimum Gasteiger partial charge on any atom is -0.383 e. The Kier molecular flexibility index (Phi) is 2.69. The number of aryl methyl sites for hydroxylation is 1. The first-order valence-corrected chi connectivity index (χ1v) is 5.17. The van der Waals surface area contributed by atoms with Crippen LogP contribution in [0.4, 0.5) is 19.0 Å². The Bertz CT molecular complexity index is 561. The third-order valence-electron chi connectivity index (χ3n) is 2.71. The predicted molar refractivity (Wildman–Crippen MR) is 60.5 cm³/mol. The van der Waals surface area contributed by atoms with Crippen molar-refractivity contribution in [2.45, 2.75) is 19.5 Å². The summed E-state index contributed by atoms with van der Waals surface area (Å²) in [6, 6.07) is 3.58. The van der Waals surface area contributed by atoms with Crippen LogP contribution in [0.5, 0.6) is 0 Å². The van der Waals surface area contributed by atoms with Gasteiger partial charge in [-0.3, -0.25) is 0 Å². The van der Waals surface area contributed by atoms with E-state index < -0.39 is 11.7 Å². The fourth-order valence-electron chi connectivity index (χ4n) is 1.78. The van der Waals surface area contributed by atoms with Crippen molar-refractivity contribution < 1.29 is 13.2 Å². The van der Waals surface area contributed by atoms with Gasteiger partial charge in [0.05, 0.1) is 5.56 Å².